The second-order valence-corrected chi connectivity index (χ2v) is 7.54. The van der Waals surface area contributed by atoms with Gasteiger partial charge in [-0.25, -0.2) is 12.7 Å². The van der Waals surface area contributed by atoms with E-state index in [-0.39, 0.29) is 16.3 Å². The molecule has 3 rings (SSSR count). The summed E-state index contributed by atoms with van der Waals surface area (Å²) in [5, 5.41) is 11.0. The Morgan fingerprint density at radius 1 is 0.920 bits per heavy atom. The Balaban J connectivity index is 2.26. The molecule has 0 saturated carbocycles. The molecule has 1 amide bonds. The number of fused-ring (bicyclic) bond motifs is 1. The third-order valence-corrected chi connectivity index (χ3v) is 5.74. The quantitative estimate of drug-likeness (QED) is 0.779. The molecule has 0 spiro atoms. The summed E-state index contributed by atoms with van der Waals surface area (Å²) in [5.41, 5.74) is 1.13. The molecular weight excluding hydrogens is 338 g/mol. The van der Waals surface area contributed by atoms with Gasteiger partial charge in [-0.15, -0.1) is 0 Å². The number of phenols is 1. The fourth-order valence-electron chi connectivity index (χ4n) is 2.73. The molecule has 0 saturated heterocycles. The van der Waals surface area contributed by atoms with Crippen LogP contribution < -0.4 is 4.31 Å². The van der Waals surface area contributed by atoms with Gasteiger partial charge in [0.2, 0.25) is 5.91 Å². The van der Waals surface area contributed by atoms with E-state index in [1.165, 1.54) is 31.2 Å². The van der Waals surface area contributed by atoms with Gasteiger partial charge in [-0.3, -0.25) is 4.79 Å². The molecule has 0 fully saturated rings. The van der Waals surface area contributed by atoms with Crippen molar-refractivity contribution in [3.8, 4) is 5.75 Å². The molecule has 0 aliphatic heterocycles. The molecule has 5 nitrogen and oxygen atoms in total. The van der Waals surface area contributed by atoms with E-state index in [2.05, 4.69) is 0 Å². The number of hydrogen-bond acceptors (Lipinski definition) is 4. The van der Waals surface area contributed by atoms with Crippen LogP contribution in [0.4, 0.5) is 5.69 Å². The standard InChI is InChI=1S/C19H17NO4S/c1-13-7-9-15(10-8-13)25(23,24)20(14(2)21)18-11-12-19(22)17-6-4-3-5-16(17)18/h3-12,22H,1-2H3. The van der Waals surface area contributed by atoms with Crippen LogP contribution in [0.2, 0.25) is 0 Å². The highest BCUT2D eigenvalue weighted by Gasteiger charge is 2.30. The molecule has 3 aromatic rings. The van der Waals surface area contributed by atoms with Gasteiger partial charge in [-0.2, -0.15) is 0 Å². The molecule has 0 aromatic heterocycles. The van der Waals surface area contributed by atoms with E-state index in [1.54, 1.807) is 36.4 Å². The van der Waals surface area contributed by atoms with Crippen molar-refractivity contribution in [3.63, 3.8) is 0 Å². The van der Waals surface area contributed by atoms with Crippen molar-refractivity contribution in [2.45, 2.75) is 18.7 Å². The molecular formula is C19H17NO4S. The molecule has 1 N–H and O–H groups in total. The van der Waals surface area contributed by atoms with E-state index in [9.17, 15) is 18.3 Å². The van der Waals surface area contributed by atoms with Crippen LogP contribution in [0.5, 0.6) is 5.75 Å². The number of benzene rings is 3. The van der Waals surface area contributed by atoms with Gasteiger partial charge >= 0.3 is 0 Å². The fraction of sp³-hybridized carbons (Fsp3) is 0.105. The fourth-order valence-corrected chi connectivity index (χ4v) is 4.18. The lowest BCUT2D eigenvalue weighted by molar-refractivity contribution is -0.115. The van der Waals surface area contributed by atoms with Gasteiger partial charge in [0.05, 0.1) is 10.6 Å². The molecule has 128 valence electrons. The number of hydrogen-bond donors (Lipinski definition) is 1. The van der Waals surface area contributed by atoms with Crippen molar-refractivity contribution < 1.29 is 18.3 Å². The third-order valence-electron chi connectivity index (χ3n) is 3.94. The number of nitrogens with zero attached hydrogens (tertiary/aromatic N) is 1. The van der Waals surface area contributed by atoms with E-state index in [0.717, 1.165) is 9.87 Å². The minimum absolute atomic E-state index is 0.0237. The summed E-state index contributed by atoms with van der Waals surface area (Å²) in [6.45, 7) is 3.06. The van der Waals surface area contributed by atoms with Gasteiger partial charge in [0, 0.05) is 17.7 Å². The highest BCUT2D eigenvalue weighted by atomic mass is 32.2. The zero-order valence-corrected chi connectivity index (χ0v) is 14.6. The summed E-state index contributed by atoms with van der Waals surface area (Å²) < 4.78 is 26.9. The molecule has 3 aromatic carbocycles. The largest absolute Gasteiger partial charge is 0.507 e. The summed E-state index contributed by atoms with van der Waals surface area (Å²) in [7, 11) is -4.07. The van der Waals surface area contributed by atoms with Gasteiger partial charge < -0.3 is 5.11 Å². The van der Waals surface area contributed by atoms with Crippen molar-refractivity contribution in [1.29, 1.82) is 0 Å². The molecule has 0 radical (unpaired) electrons. The van der Waals surface area contributed by atoms with Crippen LogP contribution in [0.15, 0.2) is 65.6 Å². The number of aryl methyl sites for hydroxylation is 1. The van der Waals surface area contributed by atoms with Crippen molar-refractivity contribution in [2.24, 2.45) is 0 Å². The van der Waals surface area contributed by atoms with Crippen LogP contribution in [0, 0.1) is 6.92 Å². The van der Waals surface area contributed by atoms with Crippen LogP contribution in [-0.4, -0.2) is 19.4 Å². The topological polar surface area (TPSA) is 74.7 Å². The molecule has 0 unspecified atom stereocenters. The van der Waals surface area contributed by atoms with Crippen LogP contribution in [-0.2, 0) is 14.8 Å². The maximum Gasteiger partial charge on any atom is 0.270 e. The summed E-state index contributed by atoms with van der Waals surface area (Å²) >= 11 is 0. The molecule has 6 heteroatoms. The van der Waals surface area contributed by atoms with Crippen molar-refractivity contribution in [2.75, 3.05) is 4.31 Å². The average molecular weight is 355 g/mol. The first-order chi connectivity index (χ1) is 11.8. The Morgan fingerprint density at radius 3 is 2.12 bits per heavy atom. The number of carbonyl (C=O) groups excluding carboxylic acids is 1. The number of sulfonamides is 1. The summed E-state index contributed by atoms with van der Waals surface area (Å²) in [5.74, 6) is -0.605. The van der Waals surface area contributed by atoms with Crippen LogP contribution in [0.25, 0.3) is 10.8 Å². The molecule has 0 aliphatic rings. The van der Waals surface area contributed by atoms with Crippen molar-refractivity contribution in [3.05, 3.63) is 66.2 Å². The zero-order chi connectivity index (χ0) is 18.2. The Labute approximate surface area is 146 Å². The van der Waals surface area contributed by atoms with Gasteiger partial charge in [0.1, 0.15) is 5.75 Å². The first-order valence-corrected chi connectivity index (χ1v) is 9.09. The maximum atomic E-state index is 13.1. The van der Waals surface area contributed by atoms with Crippen LogP contribution in [0.3, 0.4) is 0 Å². The highest BCUT2D eigenvalue weighted by Crippen LogP contribution is 2.35. The van der Waals surface area contributed by atoms with E-state index in [1.807, 2.05) is 6.92 Å². The summed E-state index contributed by atoms with van der Waals surface area (Å²) in [4.78, 5) is 12.3. The SMILES string of the molecule is CC(=O)N(c1ccc(O)c2ccccc12)S(=O)(=O)c1ccc(C)cc1. The Morgan fingerprint density at radius 2 is 1.52 bits per heavy atom. The van der Waals surface area contributed by atoms with Gasteiger partial charge in [-0.1, -0.05) is 42.0 Å². The second kappa shape index (κ2) is 6.22. The van der Waals surface area contributed by atoms with Crippen LogP contribution in [0.1, 0.15) is 12.5 Å². The maximum absolute atomic E-state index is 13.1. The lowest BCUT2D eigenvalue weighted by Gasteiger charge is -2.23. The number of aromatic hydroxyl groups is 1. The normalized spacial score (nSPS) is 11.4. The zero-order valence-electron chi connectivity index (χ0n) is 13.8. The number of amides is 1. The van der Waals surface area contributed by atoms with E-state index < -0.39 is 15.9 Å². The first-order valence-electron chi connectivity index (χ1n) is 7.65. The molecule has 0 bridgehead atoms. The van der Waals surface area contributed by atoms with E-state index in [4.69, 9.17) is 0 Å². The van der Waals surface area contributed by atoms with E-state index >= 15 is 0 Å². The number of anilines is 1. The summed E-state index contributed by atoms with van der Waals surface area (Å²) in [6.07, 6.45) is 0. The Kier molecular flexibility index (Phi) is 4.22. The molecule has 0 atom stereocenters. The summed E-state index contributed by atoms with van der Waals surface area (Å²) in [6, 6.07) is 15.9. The number of rotatable bonds is 3. The second-order valence-electron chi connectivity index (χ2n) is 5.75. The smallest absolute Gasteiger partial charge is 0.270 e. The molecule has 0 aliphatic carbocycles. The van der Waals surface area contributed by atoms with Gasteiger partial charge in [-0.05, 0) is 31.2 Å². The Bertz CT molecular complexity index is 1060. The predicted molar refractivity (Wildman–Crippen MR) is 97.1 cm³/mol. The number of phenolic OH excluding ortho intramolecular Hbond substituents is 1. The minimum Gasteiger partial charge on any atom is -0.507 e. The Hall–Kier alpha value is -2.86. The predicted octanol–water partition coefficient (Wildman–Crippen LogP) is 3.60. The van der Waals surface area contributed by atoms with Crippen molar-refractivity contribution in [1.82, 2.24) is 0 Å². The first kappa shape index (κ1) is 17.0. The van der Waals surface area contributed by atoms with Crippen LogP contribution >= 0.6 is 0 Å². The lowest BCUT2D eigenvalue weighted by atomic mass is 10.1. The highest BCUT2D eigenvalue weighted by molar-refractivity contribution is 7.93. The van der Waals surface area contributed by atoms with Gasteiger partial charge in [0.25, 0.3) is 10.0 Å². The molecule has 0 heterocycles. The third kappa shape index (κ3) is 2.96. The minimum atomic E-state index is -4.07. The van der Waals surface area contributed by atoms with Gasteiger partial charge in [0.15, 0.2) is 0 Å². The van der Waals surface area contributed by atoms with Crippen molar-refractivity contribution >= 4 is 32.4 Å². The van der Waals surface area contributed by atoms with E-state index in [0.29, 0.717) is 10.8 Å². The monoisotopic (exact) mass is 355 g/mol. The lowest BCUT2D eigenvalue weighted by Crippen LogP contribution is -2.35. The number of carbonyl (C=O) groups is 1. The molecule has 25 heavy (non-hydrogen) atoms. The average Bonchev–Trinajstić information content (AvgIpc) is 2.57.